The molecule has 0 unspecified atom stereocenters. The third-order valence-corrected chi connectivity index (χ3v) is 4.19. The minimum absolute atomic E-state index is 0.00297. The van der Waals surface area contributed by atoms with Crippen LogP contribution in [0.5, 0.6) is 0 Å². The summed E-state index contributed by atoms with van der Waals surface area (Å²) in [6.07, 6.45) is 0. The summed E-state index contributed by atoms with van der Waals surface area (Å²) in [5, 5.41) is 5.94. The number of piperazine rings is 1. The molecule has 1 aromatic heterocycles. The second-order valence-electron chi connectivity index (χ2n) is 6.04. The van der Waals surface area contributed by atoms with Crippen LogP contribution in [0.4, 0.5) is 8.78 Å². The number of aromatic amines is 1. The van der Waals surface area contributed by atoms with Crippen LogP contribution in [0.2, 0.25) is 0 Å². The maximum Gasteiger partial charge on any atom is 0.274 e. The number of hydrogen-bond acceptors (Lipinski definition) is 4. The van der Waals surface area contributed by atoms with Gasteiger partial charge in [0.25, 0.3) is 11.5 Å². The highest BCUT2D eigenvalue weighted by Gasteiger charge is 2.29. The van der Waals surface area contributed by atoms with Crippen LogP contribution in [0.3, 0.4) is 0 Å². The van der Waals surface area contributed by atoms with Crippen LogP contribution >= 0.6 is 0 Å². The van der Waals surface area contributed by atoms with Crippen LogP contribution in [0.25, 0.3) is 0 Å². The van der Waals surface area contributed by atoms with Crippen molar-refractivity contribution in [3.05, 3.63) is 63.1 Å². The molecule has 26 heavy (non-hydrogen) atoms. The maximum absolute atomic E-state index is 13.7. The van der Waals surface area contributed by atoms with Gasteiger partial charge in [0.15, 0.2) is 0 Å². The highest BCUT2D eigenvalue weighted by molar-refractivity contribution is 5.95. The SMILES string of the molecule is Cc1cc(C(=O)N2CCN(Cc3ccc(F)cc3F)C(=O)C2)n[nH]c1=O. The summed E-state index contributed by atoms with van der Waals surface area (Å²) >= 11 is 0. The third-order valence-electron chi connectivity index (χ3n) is 4.19. The molecule has 1 N–H and O–H groups in total. The number of carbonyl (C=O) groups is 2. The van der Waals surface area contributed by atoms with Crippen molar-refractivity contribution in [2.45, 2.75) is 13.5 Å². The van der Waals surface area contributed by atoms with E-state index in [1.807, 2.05) is 0 Å². The molecule has 0 radical (unpaired) electrons. The summed E-state index contributed by atoms with van der Waals surface area (Å²) in [7, 11) is 0. The van der Waals surface area contributed by atoms with E-state index in [0.717, 1.165) is 12.1 Å². The minimum atomic E-state index is -0.718. The monoisotopic (exact) mass is 362 g/mol. The molecule has 2 aromatic rings. The van der Waals surface area contributed by atoms with Gasteiger partial charge in [-0.15, -0.1) is 0 Å². The molecule has 1 saturated heterocycles. The van der Waals surface area contributed by atoms with E-state index in [1.165, 1.54) is 21.9 Å². The molecule has 9 heteroatoms. The first kappa shape index (κ1) is 17.7. The van der Waals surface area contributed by atoms with E-state index in [-0.39, 0.29) is 48.9 Å². The lowest BCUT2D eigenvalue weighted by Gasteiger charge is -2.34. The number of carbonyl (C=O) groups excluding carboxylic acids is 2. The van der Waals surface area contributed by atoms with E-state index < -0.39 is 17.5 Å². The number of halogens is 2. The predicted molar refractivity (Wildman–Crippen MR) is 87.3 cm³/mol. The second kappa shape index (κ2) is 7.03. The van der Waals surface area contributed by atoms with Crippen molar-refractivity contribution in [3.8, 4) is 0 Å². The van der Waals surface area contributed by atoms with Gasteiger partial charge in [0.1, 0.15) is 23.9 Å². The Labute approximate surface area is 147 Å². The van der Waals surface area contributed by atoms with Gasteiger partial charge >= 0.3 is 0 Å². The smallest absolute Gasteiger partial charge is 0.274 e. The van der Waals surface area contributed by atoms with Crippen molar-refractivity contribution >= 4 is 11.8 Å². The fourth-order valence-electron chi connectivity index (χ4n) is 2.68. The summed E-state index contributed by atoms with van der Waals surface area (Å²) in [6.45, 7) is 1.83. The van der Waals surface area contributed by atoms with E-state index in [9.17, 15) is 23.2 Å². The first-order chi connectivity index (χ1) is 12.3. The Bertz CT molecular complexity index is 928. The number of aryl methyl sites for hydroxylation is 1. The van der Waals surface area contributed by atoms with Crippen molar-refractivity contribution in [3.63, 3.8) is 0 Å². The molecule has 2 amide bonds. The van der Waals surface area contributed by atoms with Crippen molar-refractivity contribution < 1.29 is 18.4 Å². The highest BCUT2D eigenvalue weighted by Crippen LogP contribution is 2.15. The molecule has 0 saturated carbocycles. The molecule has 2 heterocycles. The van der Waals surface area contributed by atoms with Gasteiger partial charge < -0.3 is 9.80 Å². The lowest BCUT2D eigenvalue weighted by Crippen LogP contribution is -2.52. The lowest BCUT2D eigenvalue weighted by atomic mass is 10.1. The average Bonchev–Trinajstić information content (AvgIpc) is 2.60. The van der Waals surface area contributed by atoms with Gasteiger partial charge in [0, 0.05) is 36.8 Å². The van der Waals surface area contributed by atoms with E-state index in [0.29, 0.717) is 5.56 Å². The Kier molecular flexibility index (Phi) is 4.79. The van der Waals surface area contributed by atoms with Gasteiger partial charge in [0.2, 0.25) is 5.91 Å². The summed E-state index contributed by atoms with van der Waals surface area (Å²) < 4.78 is 26.7. The molecule has 1 aliphatic rings. The van der Waals surface area contributed by atoms with Gasteiger partial charge in [-0.1, -0.05) is 6.07 Å². The van der Waals surface area contributed by atoms with E-state index in [2.05, 4.69) is 10.2 Å². The number of aromatic nitrogens is 2. The Morgan fingerprint density at radius 1 is 1.23 bits per heavy atom. The maximum atomic E-state index is 13.7. The summed E-state index contributed by atoms with van der Waals surface area (Å²) in [5.74, 6) is -2.22. The molecule has 136 valence electrons. The Hall–Kier alpha value is -3.10. The first-order valence-electron chi connectivity index (χ1n) is 7.92. The quantitative estimate of drug-likeness (QED) is 0.877. The Morgan fingerprint density at radius 3 is 2.65 bits per heavy atom. The largest absolute Gasteiger partial charge is 0.335 e. The van der Waals surface area contributed by atoms with Crippen molar-refractivity contribution in [1.82, 2.24) is 20.0 Å². The zero-order chi connectivity index (χ0) is 18.8. The molecule has 1 aromatic carbocycles. The van der Waals surface area contributed by atoms with Crippen LogP contribution in [0.15, 0.2) is 29.1 Å². The number of nitrogens with one attached hydrogen (secondary N) is 1. The van der Waals surface area contributed by atoms with Crippen molar-refractivity contribution in [1.29, 1.82) is 0 Å². The van der Waals surface area contributed by atoms with Gasteiger partial charge in [-0.2, -0.15) is 5.10 Å². The minimum Gasteiger partial charge on any atom is -0.335 e. The Balaban J connectivity index is 1.68. The van der Waals surface area contributed by atoms with E-state index >= 15 is 0 Å². The number of amides is 2. The number of benzene rings is 1. The van der Waals surface area contributed by atoms with Crippen LogP contribution in [-0.2, 0) is 11.3 Å². The van der Waals surface area contributed by atoms with Gasteiger partial charge in [-0.3, -0.25) is 14.4 Å². The fraction of sp³-hybridized carbons (Fsp3) is 0.294. The van der Waals surface area contributed by atoms with E-state index in [4.69, 9.17) is 0 Å². The fourth-order valence-corrected chi connectivity index (χ4v) is 2.68. The molecular weight excluding hydrogens is 346 g/mol. The number of hydrogen-bond donors (Lipinski definition) is 1. The molecule has 3 rings (SSSR count). The third kappa shape index (κ3) is 3.61. The number of rotatable bonds is 3. The summed E-state index contributed by atoms with van der Waals surface area (Å²) in [5.41, 5.74) is 0.217. The molecule has 0 atom stereocenters. The van der Waals surface area contributed by atoms with Crippen LogP contribution in [0.1, 0.15) is 21.6 Å². The topological polar surface area (TPSA) is 86.4 Å². The van der Waals surface area contributed by atoms with Gasteiger partial charge in [0.05, 0.1) is 0 Å². The van der Waals surface area contributed by atoms with Gasteiger partial charge in [-0.25, -0.2) is 13.9 Å². The van der Waals surface area contributed by atoms with Crippen molar-refractivity contribution in [2.75, 3.05) is 19.6 Å². The molecular formula is C17H16F2N4O3. The highest BCUT2D eigenvalue weighted by atomic mass is 19.1. The molecule has 7 nitrogen and oxygen atoms in total. The second-order valence-corrected chi connectivity index (χ2v) is 6.04. The van der Waals surface area contributed by atoms with Crippen LogP contribution < -0.4 is 5.56 Å². The average molecular weight is 362 g/mol. The van der Waals surface area contributed by atoms with Gasteiger partial charge in [-0.05, 0) is 19.1 Å². The standard InChI is InChI=1S/C17H16F2N4O3/c1-10-6-14(20-21-16(10)25)17(26)23-5-4-22(15(24)9-23)8-11-2-3-12(18)7-13(11)19/h2-3,6-7H,4-5,8-9H2,1H3,(H,21,25). The summed E-state index contributed by atoms with van der Waals surface area (Å²) in [4.78, 5) is 38.8. The zero-order valence-electron chi connectivity index (χ0n) is 14.0. The molecule has 1 aliphatic heterocycles. The molecule has 0 aliphatic carbocycles. The number of nitrogens with zero attached hydrogens (tertiary/aromatic N) is 3. The normalized spacial score (nSPS) is 14.7. The predicted octanol–water partition coefficient (Wildman–Crippen LogP) is 0.841. The number of H-pyrrole nitrogens is 1. The molecule has 1 fully saturated rings. The summed E-state index contributed by atoms with van der Waals surface area (Å²) in [6, 6.07) is 4.56. The van der Waals surface area contributed by atoms with Crippen LogP contribution in [-0.4, -0.2) is 51.4 Å². The first-order valence-corrected chi connectivity index (χ1v) is 7.92. The lowest BCUT2D eigenvalue weighted by molar-refractivity contribution is -0.135. The van der Waals surface area contributed by atoms with E-state index in [1.54, 1.807) is 6.92 Å². The molecule has 0 spiro atoms. The van der Waals surface area contributed by atoms with Crippen LogP contribution in [0, 0.1) is 18.6 Å². The van der Waals surface area contributed by atoms with Crippen molar-refractivity contribution in [2.24, 2.45) is 0 Å². The Morgan fingerprint density at radius 2 is 2.00 bits per heavy atom. The molecule has 0 bridgehead atoms. The zero-order valence-corrected chi connectivity index (χ0v) is 14.0.